The molecule has 0 fully saturated rings. The average Bonchev–Trinajstić information content (AvgIpc) is 2.38. The summed E-state index contributed by atoms with van der Waals surface area (Å²) < 4.78 is 31.1. The van der Waals surface area contributed by atoms with E-state index in [1.54, 1.807) is 19.1 Å². The van der Waals surface area contributed by atoms with E-state index in [0.717, 1.165) is 5.56 Å². The van der Waals surface area contributed by atoms with Crippen LogP contribution in [0.4, 0.5) is 0 Å². The number of rotatable bonds is 7. The van der Waals surface area contributed by atoms with Gasteiger partial charge >= 0.3 is 0 Å². The Morgan fingerprint density at radius 3 is 2.63 bits per heavy atom. The maximum Gasteiger partial charge on any atom is 0.243 e. The van der Waals surface area contributed by atoms with Crippen molar-refractivity contribution in [2.75, 3.05) is 26.8 Å². The molecule has 0 bridgehead atoms. The largest absolute Gasteiger partial charge is 0.496 e. The molecule has 0 saturated heterocycles. The summed E-state index contributed by atoms with van der Waals surface area (Å²) in [5.41, 5.74) is 0.742. The van der Waals surface area contributed by atoms with E-state index in [2.05, 4.69) is 6.58 Å². The van der Waals surface area contributed by atoms with Gasteiger partial charge in [0.1, 0.15) is 5.75 Å². The molecule has 0 heterocycles. The lowest BCUT2D eigenvalue weighted by Gasteiger charge is -2.20. The first-order valence-electron chi connectivity index (χ1n) is 5.84. The van der Waals surface area contributed by atoms with E-state index in [4.69, 9.17) is 9.84 Å². The highest BCUT2D eigenvalue weighted by atomic mass is 32.2. The van der Waals surface area contributed by atoms with E-state index in [9.17, 15) is 8.42 Å². The summed E-state index contributed by atoms with van der Waals surface area (Å²) in [7, 11) is -2.09. The first kappa shape index (κ1) is 15.7. The molecule has 1 N–H and O–H groups in total. The predicted molar refractivity (Wildman–Crippen MR) is 73.8 cm³/mol. The minimum absolute atomic E-state index is 0.0411. The lowest BCUT2D eigenvalue weighted by molar-refractivity contribution is 0.260. The Labute approximate surface area is 114 Å². The molecule has 0 aliphatic rings. The van der Waals surface area contributed by atoms with E-state index in [1.807, 2.05) is 0 Å². The lowest BCUT2D eigenvalue weighted by atomic mass is 10.2. The second-order valence-electron chi connectivity index (χ2n) is 4.01. The van der Waals surface area contributed by atoms with Gasteiger partial charge in [-0.3, -0.25) is 0 Å². The zero-order valence-electron chi connectivity index (χ0n) is 11.2. The van der Waals surface area contributed by atoms with Gasteiger partial charge in [-0.25, -0.2) is 8.42 Å². The van der Waals surface area contributed by atoms with Crippen LogP contribution in [-0.4, -0.2) is 44.6 Å². The van der Waals surface area contributed by atoms with Gasteiger partial charge in [0.05, 0.1) is 18.6 Å². The highest BCUT2D eigenvalue weighted by molar-refractivity contribution is 7.89. The van der Waals surface area contributed by atoms with Crippen LogP contribution in [0.25, 0.3) is 0 Å². The van der Waals surface area contributed by atoms with Crippen LogP contribution < -0.4 is 4.74 Å². The molecule has 0 saturated carbocycles. The second kappa shape index (κ2) is 6.70. The summed E-state index contributed by atoms with van der Waals surface area (Å²) >= 11 is 0. The molecule has 1 rings (SSSR count). The van der Waals surface area contributed by atoms with Crippen molar-refractivity contribution in [1.82, 2.24) is 4.31 Å². The lowest BCUT2D eigenvalue weighted by Crippen LogP contribution is -2.33. The number of hydrogen-bond acceptors (Lipinski definition) is 4. The molecule has 0 aliphatic heterocycles. The van der Waals surface area contributed by atoms with Crippen LogP contribution in [0.15, 0.2) is 35.7 Å². The maximum absolute atomic E-state index is 12.4. The van der Waals surface area contributed by atoms with Crippen molar-refractivity contribution in [3.05, 3.63) is 36.4 Å². The number of aliphatic hydroxyl groups excluding tert-OH is 1. The number of nitrogens with zero attached hydrogens (tertiary/aromatic N) is 1. The average molecular weight is 285 g/mol. The van der Waals surface area contributed by atoms with Gasteiger partial charge < -0.3 is 9.84 Å². The van der Waals surface area contributed by atoms with Crippen LogP contribution in [0.3, 0.4) is 0 Å². The fourth-order valence-electron chi connectivity index (χ4n) is 1.73. The number of methoxy groups -OCH3 is 1. The van der Waals surface area contributed by atoms with Crippen LogP contribution in [0.5, 0.6) is 5.75 Å². The summed E-state index contributed by atoms with van der Waals surface area (Å²) in [6.07, 6.45) is 1.49. The summed E-state index contributed by atoms with van der Waals surface area (Å²) in [5.74, 6) is 0.636. The number of ether oxygens (including phenoxy) is 1. The van der Waals surface area contributed by atoms with Gasteiger partial charge in [-0.1, -0.05) is 6.08 Å². The third-order valence-electron chi connectivity index (χ3n) is 2.69. The molecule has 6 heteroatoms. The molecule has 0 aliphatic carbocycles. The Morgan fingerprint density at radius 2 is 2.16 bits per heavy atom. The molecule has 0 aromatic heterocycles. The van der Waals surface area contributed by atoms with Crippen LogP contribution in [0, 0.1) is 6.92 Å². The van der Waals surface area contributed by atoms with E-state index >= 15 is 0 Å². The van der Waals surface area contributed by atoms with Crippen LogP contribution >= 0.6 is 0 Å². The van der Waals surface area contributed by atoms with Crippen LogP contribution in [0.2, 0.25) is 0 Å². The zero-order chi connectivity index (χ0) is 14.5. The normalized spacial score (nSPS) is 11.6. The quantitative estimate of drug-likeness (QED) is 0.764. The van der Waals surface area contributed by atoms with Crippen molar-refractivity contribution >= 4 is 10.0 Å². The van der Waals surface area contributed by atoms with E-state index in [0.29, 0.717) is 5.75 Å². The minimum Gasteiger partial charge on any atom is -0.496 e. The molecule has 1 aromatic carbocycles. The van der Waals surface area contributed by atoms with Gasteiger partial charge in [0.15, 0.2) is 0 Å². The van der Waals surface area contributed by atoms with Gasteiger partial charge in [-0.05, 0) is 30.7 Å². The highest BCUT2D eigenvalue weighted by Crippen LogP contribution is 2.23. The Morgan fingerprint density at radius 1 is 1.47 bits per heavy atom. The van der Waals surface area contributed by atoms with Crippen molar-refractivity contribution in [2.45, 2.75) is 11.8 Å². The molecule has 0 radical (unpaired) electrons. The molecular formula is C13H19NO4S. The van der Waals surface area contributed by atoms with Crippen molar-refractivity contribution in [2.24, 2.45) is 0 Å². The standard InChI is InChI=1S/C13H19NO4S/c1-4-7-14(8-9-15)19(16,17)12-5-6-13(18-3)11(2)10-12/h4-6,10,15H,1,7-9H2,2-3H3. The van der Waals surface area contributed by atoms with Crippen molar-refractivity contribution < 1.29 is 18.3 Å². The van der Waals surface area contributed by atoms with Crippen molar-refractivity contribution in [3.8, 4) is 5.75 Å². The third-order valence-corrected chi connectivity index (χ3v) is 4.55. The molecule has 1 aromatic rings. The number of benzene rings is 1. The SMILES string of the molecule is C=CCN(CCO)S(=O)(=O)c1ccc(OC)c(C)c1. The zero-order valence-corrected chi connectivity index (χ0v) is 12.0. The van der Waals surface area contributed by atoms with Gasteiger partial charge in [-0.2, -0.15) is 4.31 Å². The summed E-state index contributed by atoms with van der Waals surface area (Å²) in [6.45, 7) is 5.27. The van der Waals surface area contributed by atoms with Crippen LogP contribution in [-0.2, 0) is 10.0 Å². The molecule has 0 atom stereocenters. The fourth-order valence-corrected chi connectivity index (χ4v) is 3.21. The topological polar surface area (TPSA) is 66.8 Å². The summed E-state index contributed by atoms with van der Waals surface area (Å²) in [6, 6.07) is 4.67. The van der Waals surface area contributed by atoms with E-state index < -0.39 is 10.0 Å². The van der Waals surface area contributed by atoms with Gasteiger partial charge in [-0.15, -0.1) is 6.58 Å². The van der Waals surface area contributed by atoms with Gasteiger partial charge in [0, 0.05) is 13.1 Å². The molecule has 5 nitrogen and oxygen atoms in total. The Bertz CT molecular complexity index is 540. The molecule has 106 valence electrons. The Hall–Kier alpha value is -1.37. The van der Waals surface area contributed by atoms with Gasteiger partial charge in [0.25, 0.3) is 0 Å². The Balaban J connectivity index is 3.17. The smallest absolute Gasteiger partial charge is 0.243 e. The second-order valence-corrected chi connectivity index (χ2v) is 5.94. The number of aryl methyl sites for hydroxylation is 1. The van der Waals surface area contributed by atoms with Crippen molar-refractivity contribution in [1.29, 1.82) is 0 Å². The number of hydrogen-bond donors (Lipinski definition) is 1. The first-order valence-corrected chi connectivity index (χ1v) is 7.28. The number of aliphatic hydroxyl groups is 1. The molecule has 0 amide bonds. The first-order chi connectivity index (χ1) is 8.97. The van der Waals surface area contributed by atoms with Crippen LogP contribution in [0.1, 0.15) is 5.56 Å². The minimum atomic E-state index is -3.63. The number of sulfonamides is 1. The van der Waals surface area contributed by atoms with E-state index in [1.165, 1.54) is 23.6 Å². The van der Waals surface area contributed by atoms with Crippen molar-refractivity contribution in [3.63, 3.8) is 0 Å². The molecular weight excluding hydrogens is 266 g/mol. The Kier molecular flexibility index (Phi) is 5.53. The third kappa shape index (κ3) is 3.56. The predicted octanol–water partition coefficient (Wildman–Crippen LogP) is 1.17. The fraction of sp³-hybridized carbons (Fsp3) is 0.385. The highest BCUT2D eigenvalue weighted by Gasteiger charge is 2.23. The summed E-state index contributed by atoms with van der Waals surface area (Å²) in [5, 5.41) is 8.95. The van der Waals surface area contributed by atoms with Gasteiger partial charge in [0.2, 0.25) is 10.0 Å². The molecule has 0 unspecified atom stereocenters. The summed E-state index contributed by atoms with van der Waals surface area (Å²) in [4.78, 5) is 0.182. The molecule has 19 heavy (non-hydrogen) atoms. The monoisotopic (exact) mass is 285 g/mol. The molecule has 0 spiro atoms. The van der Waals surface area contributed by atoms with E-state index in [-0.39, 0.29) is 24.6 Å². The maximum atomic E-state index is 12.4.